The molecule has 1 aromatic rings. The topological polar surface area (TPSA) is 81.5 Å². The second kappa shape index (κ2) is 7.50. The molecule has 6 nitrogen and oxygen atoms in total. The number of aryl methyl sites for hydroxylation is 1. The first kappa shape index (κ1) is 18.5. The van der Waals surface area contributed by atoms with Gasteiger partial charge in [-0.25, -0.2) is 8.42 Å². The van der Waals surface area contributed by atoms with Crippen LogP contribution < -0.4 is 4.90 Å². The fourth-order valence-electron chi connectivity index (χ4n) is 3.68. The molecule has 1 atom stereocenters. The Hall–Kier alpha value is -2.33. The van der Waals surface area contributed by atoms with Crippen LogP contribution in [0.25, 0.3) is 0 Å². The first-order valence-electron chi connectivity index (χ1n) is 8.93. The third-order valence-electron chi connectivity index (χ3n) is 5.04. The third-order valence-corrected chi connectivity index (χ3v) is 6.79. The molecule has 0 aliphatic carbocycles. The van der Waals surface area contributed by atoms with Crippen molar-refractivity contribution in [1.82, 2.24) is 4.90 Å². The van der Waals surface area contributed by atoms with Crippen LogP contribution in [-0.2, 0) is 21.1 Å². The summed E-state index contributed by atoms with van der Waals surface area (Å²) >= 11 is 0. The van der Waals surface area contributed by atoms with Gasteiger partial charge in [0.1, 0.15) is 11.6 Å². The summed E-state index contributed by atoms with van der Waals surface area (Å²) in [4.78, 5) is 16.5. The molecule has 0 saturated carbocycles. The molecule has 2 heterocycles. The molecule has 0 radical (unpaired) electrons. The maximum atomic E-state index is 13.0. The second-order valence-electron chi connectivity index (χ2n) is 6.73. The number of amides is 1. The first-order valence-corrected chi connectivity index (χ1v) is 10.7. The number of fused-ring (bicyclic) bond motifs is 1. The summed E-state index contributed by atoms with van der Waals surface area (Å²) in [5, 5.41) is 9.55. The van der Waals surface area contributed by atoms with Gasteiger partial charge in [-0.3, -0.25) is 4.79 Å². The fourth-order valence-corrected chi connectivity index (χ4v) is 5.42. The van der Waals surface area contributed by atoms with Crippen LogP contribution in [0.4, 0.5) is 5.69 Å². The van der Waals surface area contributed by atoms with Gasteiger partial charge < -0.3 is 9.80 Å². The van der Waals surface area contributed by atoms with Crippen molar-refractivity contribution < 1.29 is 13.2 Å². The Morgan fingerprint density at radius 2 is 2.19 bits per heavy atom. The van der Waals surface area contributed by atoms with Crippen molar-refractivity contribution in [1.29, 1.82) is 5.26 Å². The zero-order valence-corrected chi connectivity index (χ0v) is 15.7. The highest BCUT2D eigenvalue weighted by Crippen LogP contribution is 2.28. The lowest BCUT2D eigenvalue weighted by Crippen LogP contribution is -2.38. The number of nitriles is 1. The maximum absolute atomic E-state index is 13.0. The number of hydrogen-bond acceptors (Lipinski definition) is 5. The van der Waals surface area contributed by atoms with Crippen molar-refractivity contribution in [3.8, 4) is 6.07 Å². The average Bonchev–Trinajstić information content (AvgIpc) is 3.01. The standard InChI is InChI=1S/C19H23N3O3S/c1-2-21(17-9-11-26(24,25)14-17)13-16(12-20)19(23)22-10-5-7-15-6-3-4-8-18(15)22/h3-4,6,8,13,17H,2,5,7,9-11,14H2,1H3/b16-13-. The van der Waals surface area contributed by atoms with E-state index in [-0.39, 0.29) is 29.0 Å². The van der Waals surface area contributed by atoms with Gasteiger partial charge in [0.05, 0.1) is 11.5 Å². The minimum atomic E-state index is -3.02. The second-order valence-corrected chi connectivity index (χ2v) is 8.96. The van der Waals surface area contributed by atoms with Crippen LogP contribution in [-0.4, -0.2) is 49.9 Å². The van der Waals surface area contributed by atoms with Gasteiger partial charge in [0.2, 0.25) is 0 Å². The molecule has 0 bridgehead atoms. The molecule has 2 aliphatic heterocycles. The van der Waals surface area contributed by atoms with E-state index in [1.165, 1.54) is 0 Å². The van der Waals surface area contributed by atoms with Gasteiger partial charge in [0, 0.05) is 31.0 Å². The van der Waals surface area contributed by atoms with E-state index in [1.807, 2.05) is 42.2 Å². The summed E-state index contributed by atoms with van der Waals surface area (Å²) in [7, 11) is -3.02. The van der Waals surface area contributed by atoms with Gasteiger partial charge in [-0.05, 0) is 37.8 Å². The molecule has 1 unspecified atom stereocenters. The molecule has 1 saturated heterocycles. The maximum Gasteiger partial charge on any atom is 0.270 e. The van der Waals surface area contributed by atoms with Crippen LogP contribution >= 0.6 is 0 Å². The fraction of sp³-hybridized carbons (Fsp3) is 0.474. The van der Waals surface area contributed by atoms with Gasteiger partial charge in [0.15, 0.2) is 9.84 Å². The largest absolute Gasteiger partial charge is 0.372 e. The average molecular weight is 373 g/mol. The van der Waals surface area contributed by atoms with E-state index in [1.54, 1.807) is 11.1 Å². The number of benzene rings is 1. The normalized spacial score (nSPS) is 21.8. The summed E-state index contributed by atoms with van der Waals surface area (Å²) < 4.78 is 23.5. The summed E-state index contributed by atoms with van der Waals surface area (Å²) in [6, 6.07) is 9.60. The monoisotopic (exact) mass is 373 g/mol. The molecule has 2 aliphatic rings. The highest BCUT2D eigenvalue weighted by molar-refractivity contribution is 7.91. The minimum Gasteiger partial charge on any atom is -0.372 e. The molecule has 138 valence electrons. The zero-order chi connectivity index (χ0) is 18.7. The molecule has 1 fully saturated rings. The van der Waals surface area contributed by atoms with Gasteiger partial charge in [-0.2, -0.15) is 5.26 Å². The van der Waals surface area contributed by atoms with Gasteiger partial charge >= 0.3 is 0 Å². The van der Waals surface area contributed by atoms with Crippen LogP contribution in [0.1, 0.15) is 25.3 Å². The number of anilines is 1. The van der Waals surface area contributed by atoms with E-state index in [2.05, 4.69) is 0 Å². The Morgan fingerprint density at radius 1 is 1.42 bits per heavy atom. The molecular formula is C19H23N3O3S. The van der Waals surface area contributed by atoms with E-state index in [0.717, 1.165) is 24.1 Å². The van der Waals surface area contributed by atoms with Gasteiger partial charge in [-0.15, -0.1) is 0 Å². The lowest BCUT2D eigenvalue weighted by atomic mass is 10.0. The molecule has 7 heteroatoms. The summed E-state index contributed by atoms with van der Waals surface area (Å²) in [5.74, 6) is -0.0762. The highest BCUT2D eigenvalue weighted by atomic mass is 32.2. The van der Waals surface area contributed by atoms with E-state index >= 15 is 0 Å². The van der Waals surface area contributed by atoms with Gasteiger partial charge in [-0.1, -0.05) is 18.2 Å². The smallest absolute Gasteiger partial charge is 0.270 e. The van der Waals surface area contributed by atoms with Crippen molar-refractivity contribution in [2.24, 2.45) is 0 Å². The summed E-state index contributed by atoms with van der Waals surface area (Å²) in [5.41, 5.74) is 2.02. The quantitative estimate of drug-likeness (QED) is 0.595. The number of carbonyl (C=O) groups excluding carboxylic acids is 1. The van der Waals surface area contributed by atoms with Crippen molar-refractivity contribution in [3.63, 3.8) is 0 Å². The molecule has 1 amide bonds. The van der Waals surface area contributed by atoms with Gasteiger partial charge in [0.25, 0.3) is 5.91 Å². The third kappa shape index (κ3) is 3.75. The SMILES string of the molecule is CCN(/C=C(/C#N)C(=O)N1CCCc2ccccc21)C1CCS(=O)(=O)C1. The molecule has 26 heavy (non-hydrogen) atoms. The Kier molecular flexibility index (Phi) is 5.33. The predicted octanol–water partition coefficient (Wildman–Crippen LogP) is 1.88. The number of carbonyl (C=O) groups is 1. The molecule has 0 N–H and O–H groups in total. The van der Waals surface area contributed by atoms with Crippen molar-refractivity contribution in [2.45, 2.75) is 32.2 Å². The van der Waals surface area contributed by atoms with Crippen LogP contribution in [0.2, 0.25) is 0 Å². The molecule has 1 aromatic carbocycles. The number of para-hydroxylation sites is 1. The lowest BCUT2D eigenvalue weighted by Gasteiger charge is -2.30. The highest BCUT2D eigenvalue weighted by Gasteiger charge is 2.32. The predicted molar refractivity (Wildman–Crippen MR) is 100 cm³/mol. The summed E-state index contributed by atoms with van der Waals surface area (Å²) in [6.07, 6.45) is 3.86. The zero-order valence-electron chi connectivity index (χ0n) is 14.9. The minimum absolute atomic E-state index is 0.0489. The van der Waals surface area contributed by atoms with Crippen LogP contribution in [0.5, 0.6) is 0 Å². The molecule has 0 aromatic heterocycles. The molecular weight excluding hydrogens is 350 g/mol. The first-order chi connectivity index (χ1) is 12.4. The van der Waals surface area contributed by atoms with Crippen LogP contribution in [0.3, 0.4) is 0 Å². The van der Waals surface area contributed by atoms with Crippen molar-refractivity contribution in [2.75, 3.05) is 29.5 Å². The van der Waals surface area contributed by atoms with Crippen LogP contribution in [0, 0.1) is 11.3 Å². The van der Waals surface area contributed by atoms with E-state index in [0.29, 0.717) is 19.5 Å². The Labute approximate surface area is 154 Å². The number of hydrogen-bond donors (Lipinski definition) is 0. The Balaban J connectivity index is 1.85. The number of rotatable bonds is 4. The lowest BCUT2D eigenvalue weighted by molar-refractivity contribution is -0.114. The number of nitrogens with zero attached hydrogens (tertiary/aromatic N) is 3. The summed E-state index contributed by atoms with van der Waals surface area (Å²) in [6.45, 7) is 3.03. The number of sulfone groups is 1. The van der Waals surface area contributed by atoms with E-state index in [4.69, 9.17) is 0 Å². The van der Waals surface area contributed by atoms with E-state index in [9.17, 15) is 18.5 Å². The Bertz CT molecular complexity index is 870. The Morgan fingerprint density at radius 3 is 2.85 bits per heavy atom. The van der Waals surface area contributed by atoms with E-state index < -0.39 is 9.84 Å². The van der Waals surface area contributed by atoms with Crippen molar-refractivity contribution in [3.05, 3.63) is 41.6 Å². The van der Waals surface area contributed by atoms with Crippen LogP contribution in [0.15, 0.2) is 36.0 Å². The molecule has 3 rings (SSSR count). The van der Waals surface area contributed by atoms with Crippen molar-refractivity contribution >= 4 is 21.4 Å². The molecule has 0 spiro atoms.